The van der Waals surface area contributed by atoms with Gasteiger partial charge in [-0.1, -0.05) is 18.5 Å². The van der Waals surface area contributed by atoms with Gasteiger partial charge < -0.3 is 16.0 Å². The number of carbonyl (C=O) groups is 2. The van der Waals surface area contributed by atoms with Crippen molar-refractivity contribution in [2.24, 2.45) is 0 Å². The van der Waals surface area contributed by atoms with Gasteiger partial charge in [0, 0.05) is 23.8 Å². The van der Waals surface area contributed by atoms with Crippen molar-refractivity contribution in [2.75, 3.05) is 25.0 Å². The van der Waals surface area contributed by atoms with Gasteiger partial charge in [0.15, 0.2) is 0 Å². The lowest BCUT2D eigenvalue weighted by molar-refractivity contribution is -0.120. The first-order chi connectivity index (χ1) is 9.58. The molecule has 0 aliphatic heterocycles. The van der Waals surface area contributed by atoms with Crippen molar-refractivity contribution in [1.82, 2.24) is 10.6 Å². The quantitative estimate of drug-likeness (QED) is 0.721. The van der Waals surface area contributed by atoms with Crippen LogP contribution in [0.1, 0.15) is 30.6 Å². The summed E-state index contributed by atoms with van der Waals surface area (Å²) in [5.74, 6) is -0.526. The first kappa shape index (κ1) is 16.3. The fourth-order valence-electron chi connectivity index (χ4n) is 1.63. The van der Waals surface area contributed by atoms with Gasteiger partial charge in [-0.15, -0.1) is 0 Å². The van der Waals surface area contributed by atoms with E-state index in [9.17, 15) is 9.59 Å². The topological polar surface area (TPSA) is 70.2 Å². The standard InChI is InChI=1S/C14H20ClN3O2/c1-3-7-17-13(19)9-18-14(20)11-8-10(15)5-6-12(11)16-4-2/h5-6,8,16H,3-4,7,9H2,1-2H3,(H,17,19)(H,18,20). The van der Waals surface area contributed by atoms with Gasteiger partial charge in [-0.05, 0) is 31.5 Å². The molecule has 20 heavy (non-hydrogen) atoms. The average molecular weight is 298 g/mol. The molecule has 0 radical (unpaired) electrons. The third kappa shape index (κ3) is 5.09. The first-order valence-corrected chi connectivity index (χ1v) is 7.04. The smallest absolute Gasteiger partial charge is 0.253 e. The normalized spacial score (nSPS) is 9.95. The van der Waals surface area contributed by atoms with Crippen LogP contribution in [-0.2, 0) is 4.79 Å². The van der Waals surface area contributed by atoms with E-state index in [4.69, 9.17) is 11.6 Å². The van der Waals surface area contributed by atoms with Gasteiger partial charge in [-0.2, -0.15) is 0 Å². The highest BCUT2D eigenvalue weighted by atomic mass is 35.5. The highest BCUT2D eigenvalue weighted by molar-refractivity contribution is 6.31. The molecule has 0 bridgehead atoms. The first-order valence-electron chi connectivity index (χ1n) is 6.66. The number of hydrogen-bond acceptors (Lipinski definition) is 3. The summed E-state index contributed by atoms with van der Waals surface area (Å²) in [7, 11) is 0. The van der Waals surface area contributed by atoms with E-state index in [1.165, 1.54) is 0 Å². The molecule has 0 aliphatic carbocycles. The number of halogens is 1. The van der Waals surface area contributed by atoms with Crippen LogP contribution < -0.4 is 16.0 Å². The van der Waals surface area contributed by atoms with Crippen LogP contribution in [0, 0.1) is 0 Å². The van der Waals surface area contributed by atoms with E-state index in [0.29, 0.717) is 29.4 Å². The minimum absolute atomic E-state index is 0.0447. The molecule has 0 spiro atoms. The Hall–Kier alpha value is -1.75. The molecule has 0 saturated heterocycles. The Labute approximate surface area is 124 Å². The Balaban J connectivity index is 2.66. The molecular formula is C14H20ClN3O2. The van der Waals surface area contributed by atoms with Crippen LogP contribution in [0.15, 0.2) is 18.2 Å². The molecule has 0 atom stereocenters. The Morgan fingerprint density at radius 3 is 2.60 bits per heavy atom. The minimum atomic E-state index is -0.324. The molecule has 0 heterocycles. The van der Waals surface area contributed by atoms with E-state index in [-0.39, 0.29) is 18.4 Å². The number of benzene rings is 1. The van der Waals surface area contributed by atoms with Gasteiger partial charge in [-0.3, -0.25) is 9.59 Å². The molecule has 1 rings (SSSR count). The van der Waals surface area contributed by atoms with Crippen molar-refractivity contribution in [3.63, 3.8) is 0 Å². The molecule has 0 aliphatic rings. The Morgan fingerprint density at radius 2 is 1.95 bits per heavy atom. The molecule has 1 aromatic rings. The Morgan fingerprint density at radius 1 is 1.20 bits per heavy atom. The highest BCUT2D eigenvalue weighted by Crippen LogP contribution is 2.20. The van der Waals surface area contributed by atoms with Crippen LogP contribution in [0.25, 0.3) is 0 Å². The second-order valence-corrected chi connectivity index (χ2v) is 4.69. The zero-order chi connectivity index (χ0) is 15.0. The molecule has 5 nitrogen and oxygen atoms in total. The Bertz CT molecular complexity index is 477. The van der Waals surface area contributed by atoms with Gasteiger partial charge in [0.05, 0.1) is 12.1 Å². The van der Waals surface area contributed by atoms with Crippen LogP contribution in [0.3, 0.4) is 0 Å². The third-order valence-corrected chi connectivity index (χ3v) is 2.81. The van der Waals surface area contributed by atoms with Crippen LogP contribution in [0.5, 0.6) is 0 Å². The fraction of sp³-hybridized carbons (Fsp3) is 0.429. The molecule has 0 unspecified atom stereocenters. The zero-order valence-electron chi connectivity index (χ0n) is 11.8. The molecular weight excluding hydrogens is 278 g/mol. The molecule has 0 aromatic heterocycles. The van der Waals surface area contributed by atoms with E-state index < -0.39 is 0 Å². The van der Waals surface area contributed by atoms with Crippen molar-refractivity contribution in [1.29, 1.82) is 0 Å². The number of rotatable bonds is 7. The molecule has 2 amide bonds. The summed E-state index contributed by atoms with van der Waals surface area (Å²) in [5, 5.41) is 8.84. The average Bonchev–Trinajstić information content (AvgIpc) is 2.44. The number of nitrogens with one attached hydrogen (secondary N) is 3. The summed E-state index contributed by atoms with van der Waals surface area (Å²) in [5.41, 5.74) is 1.13. The summed E-state index contributed by atoms with van der Waals surface area (Å²) < 4.78 is 0. The van der Waals surface area contributed by atoms with E-state index in [2.05, 4.69) is 16.0 Å². The zero-order valence-corrected chi connectivity index (χ0v) is 12.5. The number of hydrogen-bond donors (Lipinski definition) is 3. The van der Waals surface area contributed by atoms with E-state index in [1.54, 1.807) is 18.2 Å². The van der Waals surface area contributed by atoms with Crippen LogP contribution >= 0.6 is 11.6 Å². The maximum atomic E-state index is 12.1. The lowest BCUT2D eigenvalue weighted by Crippen LogP contribution is -2.37. The second-order valence-electron chi connectivity index (χ2n) is 4.25. The third-order valence-electron chi connectivity index (χ3n) is 2.58. The van der Waals surface area contributed by atoms with Gasteiger partial charge >= 0.3 is 0 Å². The number of amides is 2. The molecule has 0 saturated carbocycles. The van der Waals surface area contributed by atoms with Gasteiger partial charge in [-0.25, -0.2) is 0 Å². The van der Waals surface area contributed by atoms with E-state index in [1.807, 2.05) is 13.8 Å². The molecule has 3 N–H and O–H groups in total. The Kier molecular flexibility index (Phi) is 6.87. The second kappa shape index (κ2) is 8.43. The highest BCUT2D eigenvalue weighted by Gasteiger charge is 2.12. The molecule has 0 fully saturated rings. The van der Waals surface area contributed by atoms with Crippen molar-refractivity contribution in [3.05, 3.63) is 28.8 Å². The van der Waals surface area contributed by atoms with Crippen LogP contribution in [-0.4, -0.2) is 31.4 Å². The van der Waals surface area contributed by atoms with Gasteiger partial charge in [0.2, 0.25) is 5.91 Å². The van der Waals surface area contributed by atoms with Crippen LogP contribution in [0.2, 0.25) is 5.02 Å². The van der Waals surface area contributed by atoms with Gasteiger partial charge in [0.1, 0.15) is 0 Å². The molecule has 110 valence electrons. The van der Waals surface area contributed by atoms with Gasteiger partial charge in [0.25, 0.3) is 5.91 Å². The lowest BCUT2D eigenvalue weighted by atomic mass is 10.1. The summed E-state index contributed by atoms with van der Waals surface area (Å²) in [4.78, 5) is 23.5. The molecule has 6 heteroatoms. The summed E-state index contributed by atoms with van der Waals surface area (Å²) in [6, 6.07) is 5.04. The maximum Gasteiger partial charge on any atom is 0.253 e. The minimum Gasteiger partial charge on any atom is -0.385 e. The lowest BCUT2D eigenvalue weighted by Gasteiger charge is -2.11. The monoisotopic (exact) mass is 297 g/mol. The molecule has 1 aromatic carbocycles. The van der Waals surface area contributed by atoms with E-state index in [0.717, 1.165) is 6.42 Å². The number of anilines is 1. The SMILES string of the molecule is CCCNC(=O)CNC(=O)c1cc(Cl)ccc1NCC. The van der Waals surface area contributed by atoms with Crippen LogP contribution in [0.4, 0.5) is 5.69 Å². The summed E-state index contributed by atoms with van der Waals surface area (Å²) in [6.45, 7) is 5.16. The fourth-order valence-corrected chi connectivity index (χ4v) is 1.80. The predicted molar refractivity (Wildman–Crippen MR) is 81.2 cm³/mol. The van der Waals surface area contributed by atoms with E-state index >= 15 is 0 Å². The largest absolute Gasteiger partial charge is 0.385 e. The van der Waals surface area contributed by atoms with Crippen molar-refractivity contribution < 1.29 is 9.59 Å². The predicted octanol–water partition coefficient (Wildman–Crippen LogP) is 2.03. The van der Waals surface area contributed by atoms with Crippen molar-refractivity contribution >= 4 is 29.1 Å². The summed E-state index contributed by atoms with van der Waals surface area (Å²) >= 11 is 5.91. The van der Waals surface area contributed by atoms with Crippen molar-refractivity contribution in [3.8, 4) is 0 Å². The summed E-state index contributed by atoms with van der Waals surface area (Å²) in [6.07, 6.45) is 0.860. The maximum absolute atomic E-state index is 12.1. The van der Waals surface area contributed by atoms with Crippen molar-refractivity contribution in [2.45, 2.75) is 20.3 Å². The number of carbonyl (C=O) groups excluding carboxylic acids is 2.